The Kier molecular flexibility index (Phi) is 5.58. The highest BCUT2D eigenvalue weighted by Crippen LogP contribution is 2.27. The minimum atomic E-state index is -0.193. The second-order valence-corrected chi connectivity index (χ2v) is 5.58. The lowest BCUT2D eigenvalue weighted by Crippen LogP contribution is -2.29. The second-order valence-electron chi connectivity index (χ2n) is 5.58. The highest BCUT2D eigenvalue weighted by atomic mass is 19.1. The van der Waals surface area contributed by atoms with Crippen molar-refractivity contribution >= 4 is 0 Å². The first-order chi connectivity index (χ1) is 9.69. The molecule has 0 aliphatic heterocycles. The third-order valence-electron chi connectivity index (χ3n) is 3.76. The van der Waals surface area contributed by atoms with Crippen LogP contribution in [0.15, 0.2) is 18.2 Å². The van der Waals surface area contributed by atoms with Crippen molar-refractivity contribution < 1.29 is 9.50 Å². The van der Waals surface area contributed by atoms with E-state index in [1.54, 1.807) is 0 Å². The van der Waals surface area contributed by atoms with E-state index in [9.17, 15) is 4.39 Å². The zero-order chi connectivity index (χ0) is 14.4. The second kappa shape index (κ2) is 7.42. The van der Waals surface area contributed by atoms with Gasteiger partial charge in [-0.05, 0) is 37.9 Å². The molecule has 0 heterocycles. The van der Waals surface area contributed by atoms with Crippen molar-refractivity contribution in [2.24, 2.45) is 5.92 Å². The molecule has 0 radical (unpaired) electrons. The number of nitrogens with zero attached hydrogens (tertiary/aromatic N) is 1. The molecule has 0 amide bonds. The highest BCUT2D eigenvalue weighted by molar-refractivity contribution is 5.37. The van der Waals surface area contributed by atoms with Crippen LogP contribution in [-0.2, 0) is 6.54 Å². The topological polar surface area (TPSA) is 23.5 Å². The van der Waals surface area contributed by atoms with Crippen LogP contribution in [-0.4, -0.2) is 30.2 Å². The number of aliphatic hydroxyl groups excluding tert-OH is 1. The fourth-order valence-corrected chi connectivity index (χ4v) is 2.45. The van der Waals surface area contributed by atoms with E-state index in [0.717, 1.165) is 18.0 Å². The van der Waals surface area contributed by atoms with Gasteiger partial charge >= 0.3 is 0 Å². The first-order valence-corrected chi connectivity index (χ1v) is 7.25. The first kappa shape index (κ1) is 15.0. The summed E-state index contributed by atoms with van der Waals surface area (Å²) in [4.78, 5) is 2.19. The minimum Gasteiger partial charge on any atom is -0.395 e. The number of halogens is 1. The van der Waals surface area contributed by atoms with E-state index in [4.69, 9.17) is 5.11 Å². The average Bonchev–Trinajstić information content (AvgIpc) is 2.37. The maximum atomic E-state index is 14.0. The van der Waals surface area contributed by atoms with Crippen LogP contribution >= 0.6 is 0 Å². The van der Waals surface area contributed by atoms with E-state index < -0.39 is 0 Å². The van der Waals surface area contributed by atoms with Crippen molar-refractivity contribution in [3.05, 3.63) is 35.1 Å². The number of benzene rings is 1. The summed E-state index contributed by atoms with van der Waals surface area (Å²) in [7, 11) is 2.05. The standard InChI is InChI=1S/C17H22FNO/c1-19(12-15-6-4-7-15)13-16-9-8-14(11-17(16)18)5-2-3-10-20/h8-9,11,15,20H,3-4,6-7,10,12-13H2,1H3. The van der Waals surface area contributed by atoms with E-state index in [2.05, 4.69) is 16.7 Å². The Balaban J connectivity index is 1.93. The predicted octanol–water partition coefficient (Wildman–Crippen LogP) is 2.79. The maximum Gasteiger partial charge on any atom is 0.128 e. The van der Waals surface area contributed by atoms with Gasteiger partial charge in [-0.15, -0.1) is 0 Å². The fourth-order valence-electron chi connectivity index (χ4n) is 2.45. The lowest BCUT2D eigenvalue weighted by atomic mass is 9.85. The molecule has 1 fully saturated rings. The smallest absolute Gasteiger partial charge is 0.128 e. The summed E-state index contributed by atoms with van der Waals surface area (Å²) in [6.45, 7) is 1.74. The molecule has 108 valence electrons. The van der Waals surface area contributed by atoms with Crippen LogP contribution in [0.2, 0.25) is 0 Å². The molecule has 0 aromatic heterocycles. The summed E-state index contributed by atoms with van der Waals surface area (Å²) in [5.74, 6) is 6.26. The molecule has 0 bridgehead atoms. The number of aliphatic hydroxyl groups is 1. The fraction of sp³-hybridized carbons (Fsp3) is 0.529. The van der Waals surface area contributed by atoms with Crippen LogP contribution in [0.25, 0.3) is 0 Å². The Bertz CT molecular complexity index is 499. The summed E-state index contributed by atoms with van der Waals surface area (Å²) in [5.41, 5.74) is 1.39. The molecular weight excluding hydrogens is 253 g/mol. The lowest BCUT2D eigenvalue weighted by molar-refractivity contribution is 0.199. The van der Waals surface area contributed by atoms with Gasteiger partial charge in [-0.3, -0.25) is 0 Å². The van der Waals surface area contributed by atoms with Gasteiger partial charge in [-0.2, -0.15) is 0 Å². The molecule has 1 saturated carbocycles. The first-order valence-electron chi connectivity index (χ1n) is 7.25. The Morgan fingerprint density at radius 1 is 1.40 bits per heavy atom. The summed E-state index contributed by atoms with van der Waals surface area (Å²) >= 11 is 0. The van der Waals surface area contributed by atoms with Crippen molar-refractivity contribution in [3.8, 4) is 11.8 Å². The normalized spacial score (nSPS) is 14.8. The Hall–Kier alpha value is -1.37. The van der Waals surface area contributed by atoms with Gasteiger partial charge in [0.1, 0.15) is 5.82 Å². The summed E-state index contributed by atoms with van der Waals surface area (Å²) < 4.78 is 14.0. The molecule has 2 nitrogen and oxygen atoms in total. The van der Waals surface area contributed by atoms with Crippen LogP contribution in [0.1, 0.15) is 36.8 Å². The van der Waals surface area contributed by atoms with Gasteiger partial charge in [0.15, 0.2) is 0 Å². The molecule has 0 atom stereocenters. The number of hydrogen-bond donors (Lipinski definition) is 1. The molecule has 0 saturated heterocycles. The molecule has 1 aliphatic rings. The predicted molar refractivity (Wildman–Crippen MR) is 78.7 cm³/mol. The molecule has 3 heteroatoms. The lowest BCUT2D eigenvalue weighted by Gasteiger charge is -2.30. The van der Waals surface area contributed by atoms with Crippen LogP contribution in [0.5, 0.6) is 0 Å². The zero-order valence-corrected chi connectivity index (χ0v) is 12.0. The summed E-state index contributed by atoms with van der Waals surface area (Å²) in [5, 5.41) is 8.66. The van der Waals surface area contributed by atoms with Crippen molar-refractivity contribution in [1.29, 1.82) is 0 Å². The molecule has 0 spiro atoms. The number of rotatable bonds is 5. The highest BCUT2D eigenvalue weighted by Gasteiger charge is 2.19. The SMILES string of the molecule is CN(Cc1ccc(C#CCCO)cc1F)CC1CCC1. The van der Waals surface area contributed by atoms with Crippen LogP contribution in [0.4, 0.5) is 4.39 Å². The van der Waals surface area contributed by atoms with Gasteiger partial charge in [-0.1, -0.05) is 24.3 Å². The molecule has 0 unspecified atom stereocenters. The van der Waals surface area contributed by atoms with Gasteiger partial charge in [-0.25, -0.2) is 4.39 Å². The maximum absolute atomic E-state index is 14.0. The quantitative estimate of drug-likeness (QED) is 0.835. The van der Waals surface area contributed by atoms with Gasteiger partial charge in [0.05, 0.1) is 6.61 Å². The van der Waals surface area contributed by atoms with Gasteiger partial charge < -0.3 is 10.0 Å². The van der Waals surface area contributed by atoms with Crippen LogP contribution < -0.4 is 0 Å². The van der Waals surface area contributed by atoms with E-state index in [0.29, 0.717) is 18.5 Å². The molecule has 20 heavy (non-hydrogen) atoms. The molecule has 1 aromatic rings. The van der Waals surface area contributed by atoms with Crippen LogP contribution in [0, 0.1) is 23.6 Å². The molecule has 1 aromatic carbocycles. The van der Waals surface area contributed by atoms with Crippen molar-refractivity contribution in [3.63, 3.8) is 0 Å². The Labute approximate surface area is 120 Å². The molecule has 2 rings (SSSR count). The number of hydrogen-bond acceptors (Lipinski definition) is 2. The van der Waals surface area contributed by atoms with E-state index in [1.165, 1.54) is 25.3 Å². The zero-order valence-electron chi connectivity index (χ0n) is 12.0. The molecule has 1 N–H and O–H groups in total. The Morgan fingerprint density at radius 2 is 2.20 bits per heavy atom. The van der Waals surface area contributed by atoms with Crippen molar-refractivity contribution in [2.45, 2.75) is 32.2 Å². The van der Waals surface area contributed by atoms with Gasteiger partial charge in [0.2, 0.25) is 0 Å². The minimum absolute atomic E-state index is 0.0412. The van der Waals surface area contributed by atoms with Gasteiger partial charge in [0, 0.05) is 30.6 Å². The third kappa shape index (κ3) is 4.33. The largest absolute Gasteiger partial charge is 0.395 e. The molecular formula is C17H22FNO. The van der Waals surface area contributed by atoms with E-state index >= 15 is 0 Å². The average molecular weight is 275 g/mol. The summed E-state index contributed by atoms with van der Waals surface area (Å²) in [6.07, 6.45) is 4.39. The van der Waals surface area contributed by atoms with Crippen molar-refractivity contribution in [1.82, 2.24) is 4.90 Å². The summed E-state index contributed by atoms with van der Waals surface area (Å²) in [6, 6.07) is 5.15. The molecule has 1 aliphatic carbocycles. The van der Waals surface area contributed by atoms with Gasteiger partial charge in [0.25, 0.3) is 0 Å². The van der Waals surface area contributed by atoms with E-state index in [1.807, 2.05) is 19.2 Å². The monoisotopic (exact) mass is 275 g/mol. The Morgan fingerprint density at radius 3 is 2.80 bits per heavy atom. The van der Waals surface area contributed by atoms with Crippen molar-refractivity contribution in [2.75, 3.05) is 20.2 Å². The van der Waals surface area contributed by atoms with E-state index in [-0.39, 0.29) is 12.4 Å². The van der Waals surface area contributed by atoms with Crippen LogP contribution in [0.3, 0.4) is 0 Å². The third-order valence-corrected chi connectivity index (χ3v) is 3.76.